The number of hydrogen-bond acceptors (Lipinski definition) is 7. The average Bonchev–Trinajstić information content (AvgIpc) is 3.35. The van der Waals surface area contributed by atoms with Crippen molar-refractivity contribution in [3.63, 3.8) is 0 Å². The fourth-order valence-corrected chi connectivity index (χ4v) is 5.20. The molecule has 1 saturated heterocycles. The van der Waals surface area contributed by atoms with Crippen LogP contribution in [-0.2, 0) is 6.54 Å². The number of nitrogens with zero attached hydrogens (tertiary/aromatic N) is 8. The second-order valence-electron chi connectivity index (χ2n) is 9.39. The Morgan fingerprint density at radius 1 is 1.06 bits per heavy atom. The van der Waals surface area contributed by atoms with E-state index < -0.39 is 0 Å². The molecule has 4 aromatic heterocycles. The Morgan fingerprint density at radius 3 is 2.67 bits per heavy atom. The summed E-state index contributed by atoms with van der Waals surface area (Å²) in [4.78, 5) is 19.2. The molecule has 9 nitrogen and oxygen atoms in total. The Morgan fingerprint density at radius 2 is 1.88 bits per heavy atom. The zero-order valence-electron chi connectivity index (χ0n) is 19.6. The van der Waals surface area contributed by atoms with Crippen LogP contribution in [0.2, 0.25) is 0 Å². The summed E-state index contributed by atoms with van der Waals surface area (Å²) in [5.41, 5.74) is 4.75. The van der Waals surface area contributed by atoms with Crippen LogP contribution in [0.4, 0.5) is 5.95 Å². The molecule has 2 fully saturated rings. The van der Waals surface area contributed by atoms with Gasteiger partial charge in [-0.2, -0.15) is 0 Å². The number of piperazine rings is 1. The summed E-state index contributed by atoms with van der Waals surface area (Å²) in [5.74, 6) is 1.68. The largest absolute Gasteiger partial charge is 0.350 e. The van der Waals surface area contributed by atoms with Gasteiger partial charge in [0.1, 0.15) is 11.3 Å². The smallest absolute Gasteiger partial charge is 0.241 e. The van der Waals surface area contributed by atoms with Crippen LogP contribution in [0, 0.1) is 6.92 Å². The van der Waals surface area contributed by atoms with Gasteiger partial charge in [-0.15, -0.1) is 5.10 Å². The number of imidazole rings is 1. The molecular weight excluding hydrogens is 414 g/mol. The van der Waals surface area contributed by atoms with Crippen LogP contribution in [0.5, 0.6) is 0 Å². The number of pyridine rings is 1. The minimum Gasteiger partial charge on any atom is -0.350 e. The van der Waals surface area contributed by atoms with Gasteiger partial charge in [0.05, 0.1) is 17.4 Å². The van der Waals surface area contributed by atoms with E-state index in [0.29, 0.717) is 18.0 Å². The van der Waals surface area contributed by atoms with Gasteiger partial charge in [-0.3, -0.25) is 4.90 Å². The van der Waals surface area contributed by atoms with Gasteiger partial charge in [-0.05, 0) is 51.9 Å². The van der Waals surface area contributed by atoms with E-state index in [4.69, 9.17) is 10.1 Å². The first-order chi connectivity index (χ1) is 16.1. The van der Waals surface area contributed by atoms with Gasteiger partial charge >= 0.3 is 0 Å². The quantitative estimate of drug-likeness (QED) is 0.506. The van der Waals surface area contributed by atoms with Crippen LogP contribution in [0.1, 0.15) is 25.6 Å². The molecule has 1 N–H and O–H groups in total. The third-order valence-corrected chi connectivity index (χ3v) is 7.29. The number of likely N-dealkylation sites (N-methyl/N-ethyl adjacent to an activating group) is 1. The molecule has 9 heteroatoms. The maximum Gasteiger partial charge on any atom is 0.241 e. The van der Waals surface area contributed by atoms with Gasteiger partial charge in [0, 0.05) is 56.6 Å². The lowest BCUT2D eigenvalue weighted by molar-refractivity contribution is 0.0656. The fraction of sp³-hybridized carbons (Fsp3) is 0.500. The monoisotopic (exact) mass is 445 g/mol. The highest BCUT2D eigenvalue weighted by Gasteiger charge is 2.35. The van der Waals surface area contributed by atoms with Gasteiger partial charge in [0.15, 0.2) is 5.65 Å². The lowest BCUT2D eigenvalue weighted by Gasteiger charge is -2.46. The standard InChI is InChI=1S/C24H31N9/c1-4-32-16(2)26-21-6-5-20(28-23(21)32)19-7-8-33-22(19)15-25-24(29-33)27-17-13-18(14-17)31-11-9-30(3)10-12-31/h5-8,15,17-18H,4,9-14H2,1-3H3,(H,27,29). The molecule has 0 amide bonds. The minimum atomic E-state index is 0.448. The molecule has 0 bridgehead atoms. The van der Waals surface area contributed by atoms with Crippen LogP contribution in [0.15, 0.2) is 30.6 Å². The highest BCUT2D eigenvalue weighted by molar-refractivity contribution is 5.82. The third-order valence-electron chi connectivity index (χ3n) is 7.29. The maximum atomic E-state index is 4.92. The molecule has 0 unspecified atom stereocenters. The summed E-state index contributed by atoms with van der Waals surface area (Å²) in [6.07, 6.45) is 6.21. The van der Waals surface area contributed by atoms with Gasteiger partial charge < -0.3 is 14.8 Å². The lowest BCUT2D eigenvalue weighted by atomic mass is 9.85. The van der Waals surface area contributed by atoms with Crippen molar-refractivity contribution in [2.24, 2.45) is 0 Å². The molecule has 1 aliphatic heterocycles. The first-order valence-electron chi connectivity index (χ1n) is 12.0. The van der Waals surface area contributed by atoms with E-state index >= 15 is 0 Å². The first kappa shape index (κ1) is 20.6. The Bertz CT molecular complexity index is 1290. The Kier molecular flexibility index (Phi) is 5.03. The van der Waals surface area contributed by atoms with Crippen molar-refractivity contribution in [2.45, 2.75) is 45.3 Å². The first-order valence-corrected chi connectivity index (χ1v) is 12.0. The second kappa shape index (κ2) is 8.07. The van der Waals surface area contributed by atoms with Gasteiger partial charge in [0.25, 0.3) is 0 Å². The van der Waals surface area contributed by atoms with Crippen LogP contribution in [0.25, 0.3) is 27.9 Å². The molecule has 172 valence electrons. The summed E-state index contributed by atoms with van der Waals surface area (Å²) in [6, 6.07) is 7.28. The highest BCUT2D eigenvalue weighted by Crippen LogP contribution is 2.29. The molecule has 4 aromatic rings. The van der Waals surface area contributed by atoms with Crippen molar-refractivity contribution in [1.29, 1.82) is 0 Å². The summed E-state index contributed by atoms with van der Waals surface area (Å²) >= 11 is 0. The van der Waals surface area contributed by atoms with Crippen molar-refractivity contribution in [1.82, 2.24) is 38.9 Å². The zero-order chi connectivity index (χ0) is 22.5. The molecule has 33 heavy (non-hydrogen) atoms. The lowest BCUT2D eigenvalue weighted by Crippen LogP contribution is -2.55. The molecule has 0 aromatic carbocycles. The number of anilines is 1. The van der Waals surface area contributed by atoms with Crippen molar-refractivity contribution in [2.75, 3.05) is 38.5 Å². The Labute approximate surface area is 193 Å². The van der Waals surface area contributed by atoms with Crippen LogP contribution >= 0.6 is 0 Å². The van der Waals surface area contributed by atoms with E-state index in [2.05, 4.69) is 49.7 Å². The van der Waals surface area contributed by atoms with Crippen molar-refractivity contribution in [3.05, 3.63) is 36.4 Å². The number of nitrogens with one attached hydrogen (secondary N) is 1. The van der Waals surface area contributed by atoms with Crippen molar-refractivity contribution in [3.8, 4) is 11.3 Å². The summed E-state index contributed by atoms with van der Waals surface area (Å²) < 4.78 is 4.04. The Hall–Kier alpha value is -3.04. The van der Waals surface area contributed by atoms with E-state index in [1.807, 2.05) is 36.0 Å². The number of aromatic nitrogens is 6. The number of fused-ring (bicyclic) bond motifs is 2. The van der Waals surface area contributed by atoms with Crippen LogP contribution in [-0.4, -0.2) is 84.2 Å². The van der Waals surface area contributed by atoms with E-state index in [1.165, 1.54) is 26.2 Å². The predicted octanol–water partition coefficient (Wildman–Crippen LogP) is 2.66. The summed E-state index contributed by atoms with van der Waals surface area (Å²) in [7, 11) is 2.21. The predicted molar refractivity (Wildman–Crippen MR) is 129 cm³/mol. The second-order valence-corrected chi connectivity index (χ2v) is 9.39. The van der Waals surface area contributed by atoms with E-state index in [9.17, 15) is 0 Å². The van der Waals surface area contributed by atoms with Crippen molar-refractivity contribution < 1.29 is 0 Å². The average molecular weight is 446 g/mol. The van der Waals surface area contributed by atoms with E-state index in [-0.39, 0.29) is 0 Å². The molecule has 1 aliphatic carbocycles. The van der Waals surface area contributed by atoms with Crippen LogP contribution in [0.3, 0.4) is 0 Å². The topological polar surface area (TPSA) is 79.4 Å². The van der Waals surface area contributed by atoms with Crippen molar-refractivity contribution >= 4 is 22.6 Å². The zero-order valence-corrected chi connectivity index (χ0v) is 19.6. The molecule has 1 saturated carbocycles. The minimum absolute atomic E-state index is 0.448. The summed E-state index contributed by atoms with van der Waals surface area (Å²) in [5, 5.41) is 8.25. The van der Waals surface area contributed by atoms with Gasteiger partial charge in [-0.1, -0.05) is 0 Å². The highest BCUT2D eigenvalue weighted by atomic mass is 15.3. The third kappa shape index (κ3) is 3.65. The molecule has 5 heterocycles. The molecule has 6 rings (SSSR count). The van der Waals surface area contributed by atoms with Gasteiger partial charge in [-0.25, -0.2) is 19.5 Å². The molecule has 2 aliphatic rings. The molecule has 0 spiro atoms. The van der Waals surface area contributed by atoms with E-state index in [0.717, 1.165) is 53.1 Å². The Balaban J connectivity index is 1.18. The van der Waals surface area contributed by atoms with Crippen LogP contribution < -0.4 is 5.32 Å². The molecule has 0 radical (unpaired) electrons. The molecular formula is C24H31N9. The number of aryl methyl sites for hydroxylation is 2. The fourth-order valence-electron chi connectivity index (χ4n) is 5.20. The number of hydrogen-bond donors (Lipinski definition) is 1. The van der Waals surface area contributed by atoms with E-state index in [1.54, 1.807) is 0 Å². The normalized spacial score (nSPS) is 22.2. The maximum absolute atomic E-state index is 4.92. The number of rotatable bonds is 5. The summed E-state index contributed by atoms with van der Waals surface area (Å²) in [6.45, 7) is 9.70. The van der Waals surface area contributed by atoms with Gasteiger partial charge in [0.2, 0.25) is 5.95 Å². The molecule has 0 atom stereocenters. The SMILES string of the molecule is CCn1c(C)nc2ccc(-c3ccn4nc(NC5CC(N6CCN(C)CC6)C5)ncc34)nc21.